The summed E-state index contributed by atoms with van der Waals surface area (Å²) in [5, 5.41) is 2.26. The summed E-state index contributed by atoms with van der Waals surface area (Å²) < 4.78 is 16.0. The molecule has 1 heterocycles. The van der Waals surface area contributed by atoms with Crippen LogP contribution in [0.3, 0.4) is 0 Å². The molecular weight excluding hydrogens is 352 g/mol. The number of benzene rings is 1. The van der Waals surface area contributed by atoms with Gasteiger partial charge in [0.1, 0.15) is 5.57 Å². The molecule has 1 aliphatic carbocycles. The molecule has 1 aliphatic heterocycles. The van der Waals surface area contributed by atoms with Gasteiger partial charge >= 0.3 is 6.03 Å². The Morgan fingerprint density at radius 2 is 1.67 bits per heavy atom. The number of amides is 4. The minimum Gasteiger partial charge on any atom is -0.493 e. The Morgan fingerprint density at radius 1 is 1.00 bits per heavy atom. The van der Waals surface area contributed by atoms with Crippen molar-refractivity contribution in [3.63, 3.8) is 0 Å². The number of carbonyl (C=O) groups excluding carboxylic acids is 3. The number of imide groups is 2. The lowest BCUT2D eigenvalue weighted by Crippen LogP contribution is -2.57. The fourth-order valence-electron chi connectivity index (χ4n) is 3.56. The van der Waals surface area contributed by atoms with Crippen molar-refractivity contribution in [2.75, 3.05) is 21.3 Å². The van der Waals surface area contributed by atoms with E-state index in [1.807, 2.05) is 0 Å². The summed E-state index contributed by atoms with van der Waals surface area (Å²) >= 11 is 0. The number of hydrogen-bond acceptors (Lipinski definition) is 6. The van der Waals surface area contributed by atoms with E-state index < -0.39 is 17.8 Å². The van der Waals surface area contributed by atoms with E-state index in [2.05, 4.69) is 5.32 Å². The van der Waals surface area contributed by atoms with Crippen LogP contribution < -0.4 is 19.5 Å². The summed E-state index contributed by atoms with van der Waals surface area (Å²) in [6.45, 7) is 0. The Labute approximate surface area is 157 Å². The average molecular weight is 374 g/mol. The van der Waals surface area contributed by atoms with Crippen molar-refractivity contribution < 1.29 is 28.6 Å². The summed E-state index contributed by atoms with van der Waals surface area (Å²) in [4.78, 5) is 38.6. The van der Waals surface area contributed by atoms with Gasteiger partial charge in [0.15, 0.2) is 11.5 Å². The van der Waals surface area contributed by atoms with Crippen molar-refractivity contribution in [3.05, 3.63) is 23.3 Å². The predicted octanol–water partition coefficient (Wildman–Crippen LogP) is 2.12. The van der Waals surface area contributed by atoms with Gasteiger partial charge < -0.3 is 14.2 Å². The van der Waals surface area contributed by atoms with Crippen LogP contribution in [0.1, 0.15) is 31.2 Å². The molecule has 0 atom stereocenters. The molecule has 2 aliphatic rings. The van der Waals surface area contributed by atoms with Crippen molar-refractivity contribution in [3.8, 4) is 17.2 Å². The van der Waals surface area contributed by atoms with Crippen LogP contribution in [-0.4, -0.2) is 50.1 Å². The van der Waals surface area contributed by atoms with E-state index in [9.17, 15) is 14.4 Å². The van der Waals surface area contributed by atoms with Crippen LogP contribution >= 0.6 is 0 Å². The average Bonchev–Trinajstić information content (AvgIpc) is 3.18. The van der Waals surface area contributed by atoms with Crippen molar-refractivity contribution >= 4 is 23.9 Å². The van der Waals surface area contributed by atoms with E-state index in [0.717, 1.165) is 30.6 Å². The molecular formula is C19H22N2O6. The molecule has 1 N–H and O–H groups in total. The van der Waals surface area contributed by atoms with E-state index in [0.29, 0.717) is 22.8 Å². The van der Waals surface area contributed by atoms with Crippen LogP contribution in [0.5, 0.6) is 17.2 Å². The van der Waals surface area contributed by atoms with Crippen LogP contribution in [0.25, 0.3) is 6.08 Å². The quantitative estimate of drug-likeness (QED) is 0.627. The van der Waals surface area contributed by atoms with E-state index in [4.69, 9.17) is 14.2 Å². The first-order valence-electron chi connectivity index (χ1n) is 8.71. The molecule has 4 amide bonds. The molecule has 8 nitrogen and oxygen atoms in total. The van der Waals surface area contributed by atoms with Gasteiger partial charge in [0.2, 0.25) is 5.75 Å². The second-order valence-electron chi connectivity index (χ2n) is 6.35. The van der Waals surface area contributed by atoms with E-state index in [1.54, 1.807) is 12.1 Å². The van der Waals surface area contributed by atoms with Gasteiger partial charge in [-0.1, -0.05) is 12.8 Å². The minimum absolute atomic E-state index is 0.119. The third-order valence-electron chi connectivity index (χ3n) is 4.86. The molecule has 1 aromatic carbocycles. The molecule has 27 heavy (non-hydrogen) atoms. The summed E-state index contributed by atoms with van der Waals surface area (Å²) in [5.74, 6) is -0.182. The molecule has 0 aromatic heterocycles. The molecule has 1 aromatic rings. The first-order chi connectivity index (χ1) is 13.0. The third-order valence-corrected chi connectivity index (χ3v) is 4.86. The number of barbiturate groups is 1. The highest BCUT2D eigenvalue weighted by Gasteiger charge is 2.40. The molecule has 144 valence electrons. The topological polar surface area (TPSA) is 94.2 Å². The standard InChI is InChI=1S/C19H22N2O6/c1-25-14-9-8-11(15(26-2)16(14)27-3)10-13-17(22)20-19(24)21(18(13)23)12-6-4-5-7-12/h8-10,12H,4-7H2,1-3H3,(H,20,22,24)/b13-10+. The molecule has 2 fully saturated rings. The Hall–Kier alpha value is -3.03. The molecule has 0 bridgehead atoms. The predicted molar refractivity (Wildman–Crippen MR) is 96.7 cm³/mol. The monoisotopic (exact) mass is 374 g/mol. The second kappa shape index (κ2) is 7.69. The summed E-state index contributed by atoms with van der Waals surface area (Å²) in [7, 11) is 4.42. The van der Waals surface area contributed by atoms with Crippen molar-refractivity contribution in [1.82, 2.24) is 10.2 Å². The van der Waals surface area contributed by atoms with Gasteiger partial charge in [0.25, 0.3) is 11.8 Å². The minimum atomic E-state index is -0.726. The Balaban J connectivity index is 2.03. The number of carbonyl (C=O) groups is 3. The Morgan fingerprint density at radius 3 is 2.26 bits per heavy atom. The Kier molecular flexibility index (Phi) is 5.34. The lowest BCUT2D eigenvalue weighted by atomic mass is 10.0. The van der Waals surface area contributed by atoms with Gasteiger partial charge in [-0.15, -0.1) is 0 Å². The second-order valence-corrected chi connectivity index (χ2v) is 6.35. The van der Waals surface area contributed by atoms with Crippen molar-refractivity contribution in [2.24, 2.45) is 0 Å². The van der Waals surface area contributed by atoms with E-state index >= 15 is 0 Å². The summed E-state index contributed by atoms with van der Waals surface area (Å²) in [5.41, 5.74) is 0.349. The van der Waals surface area contributed by atoms with Crippen LogP contribution in [0.15, 0.2) is 17.7 Å². The molecule has 0 radical (unpaired) electrons. The van der Waals surface area contributed by atoms with Crippen LogP contribution in [0.4, 0.5) is 4.79 Å². The SMILES string of the molecule is COc1ccc(/C=C2\C(=O)NC(=O)N(C3CCCC3)C2=O)c(OC)c1OC. The summed E-state index contributed by atoms with van der Waals surface area (Å²) in [6.07, 6.45) is 4.82. The van der Waals surface area contributed by atoms with Gasteiger partial charge in [-0.05, 0) is 31.1 Å². The highest BCUT2D eigenvalue weighted by atomic mass is 16.5. The van der Waals surface area contributed by atoms with Crippen LogP contribution in [0.2, 0.25) is 0 Å². The zero-order valence-electron chi connectivity index (χ0n) is 15.5. The van der Waals surface area contributed by atoms with Crippen LogP contribution in [0, 0.1) is 0 Å². The number of rotatable bonds is 5. The largest absolute Gasteiger partial charge is 0.493 e. The Bertz CT molecular complexity index is 811. The maximum atomic E-state index is 12.9. The number of methoxy groups -OCH3 is 3. The summed E-state index contributed by atoms with van der Waals surface area (Å²) in [6, 6.07) is 2.47. The zero-order valence-corrected chi connectivity index (χ0v) is 15.5. The number of nitrogens with zero attached hydrogens (tertiary/aromatic N) is 1. The number of urea groups is 1. The molecule has 3 rings (SSSR count). The molecule has 1 saturated carbocycles. The molecule has 0 spiro atoms. The maximum absolute atomic E-state index is 12.9. The number of ether oxygens (including phenoxy) is 3. The molecule has 0 unspecified atom stereocenters. The third kappa shape index (κ3) is 3.34. The van der Waals surface area contributed by atoms with Gasteiger partial charge in [-0.25, -0.2) is 4.79 Å². The highest BCUT2D eigenvalue weighted by Crippen LogP contribution is 2.41. The van der Waals surface area contributed by atoms with Gasteiger partial charge in [-0.2, -0.15) is 0 Å². The van der Waals surface area contributed by atoms with Crippen LogP contribution in [-0.2, 0) is 9.59 Å². The maximum Gasteiger partial charge on any atom is 0.331 e. The molecule has 1 saturated heterocycles. The number of nitrogens with one attached hydrogen (secondary N) is 1. The normalized spacial score (nSPS) is 19.4. The van der Waals surface area contributed by atoms with Gasteiger partial charge in [0.05, 0.1) is 21.3 Å². The lowest BCUT2D eigenvalue weighted by molar-refractivity contribution is -0.131. The highest BCUT2D eigenvalue weighted by molar-refractivity contribution is 6.31. The number of hydrogen-bond donors (Lipinski definition) is 1. The van der Waals surface area contributed by atoms with Gasteiger partial charge in [0, 0.05) is 11.6 Å². The lowest BCUT2D eigenvalue weighted by Gasteiger charge is -2.31. The first kappa shape index (κ1) is 18.8. The fraction of sp³-hybridized carbons (Fsp3) is 0.421. The first-order valence-corrected chi connectivity index (χ1v) is 8.71. The van der Waals surface area contributed by atoms with Crippen molar-refractivity contribution in [1.29, 1.82) is 0 Å². The zero-order chi connectivity index (χ0) is 19.6. The van der Waals surface area contributed by atoms with E-state index in [-0.39, 0.29) is 11.6 Å². The fourth-order valence-corrected chi connectivity index (χ4v) is 3.56. The van der Waals surface area contributed by atoms with E-state index in [1.165, 1.54) is 27.4 Å². The smallest absolute Gasteiger partial charge is 0.331 e. The van der Waals surface area contributed by atoms with Crippen molar-refractivity contribution in [2.45, 2.75) is 31.7 Å². The van der Waals surface area contributed by atoms with Gasteiger partial charge in [-0.3, -0.25) is 19.8 Å². The molecule has 8 heteroatoms.